The lowest BCUT2D eigenvalue weighted by Crippen LogP contribution is -2.38. The van der Waals surface area contributed by atoms with Gasteiger partial charge in [0.05, 0.1) is 19.4 Å². The van der Waals surface area contributed by atoms with Gasteiger partial charge in [-0.2, -0.15) is 0 Å². The number of carbonyl (C=O) groups is 3. The van der Waals surface area contributed by atoms with Crippen LogP contribution in [0.25, 0.3) is 6.08 Å². The summed E-state index contributed by atoms with van der Waals surface area (Å²) in [6, 6.07) is 10.6. The number of anilines is 1. The van der Waals surface area contributed by atoms with E-state index in [4.69, 9.17) is 9.47 Å². The lowest BCUT2D eigenvalue weighted by atomic mass is 10.1. The van der Waals surface area contributed by atoms with E-state index < -0.39 is 24.4 Å². The topological polar surface area (TPSA) is 117 Å². The standard InChI is InChI=1S/C21H21N3O6/c1-3-30-18-11-13(8-9-16(18)25)10-15-20(27)24(21(28)23-15)12-19(26)22-14-6-4-5-7-17(14)29-2/h4-11,25H,3,12H2,1-2H3,(H,22,26)(H,23,28)/b15-10+. The summed E-state index contributed by atoms with van der Waals surface area (Å²) in [5, 5.41) is 14.8. The van der Waals surface area contributed by atoms with E-state index in [9.17, 15) is 19.5 Å². The number of amides is 4. The van der Waals surface area contributed by atoms with Gasteiger partial charge in [0.25, 0.3) is 5.91 Å². The average molecular weight is 411 g/mol. The highest BCUT2D eigenvalue weighted by Gasteiger charge is 2.35. The fraction of sp³-hybridized carbons (Fsp3) is 0.190. The summed E-state index contributed by atoms with van der Waals surface area (Å²) in [5.74, 6) is -0.498. The summed E-state index contributed by atoms with van der Waals surface area (Å²) >= 11 is 0. The molecule has 0 radical (unpaired) electrons. The maximum absolute atomic E-state index is 12.6. The second kappa shape index (κ2) is 8.99. The largest absolute Gasteiger partial charge is 0.504 e. The van der Waals surface area contributed by atoms with Crippen LogP contribution < -0.4 is 20.1 Å². The highest BCUT2D eigenvalue weighted by Crippen LogP contribution is 2.28. The van der Waals surface area contributed by atoms with Crippen molar-refractivity contribution in [3.63, 3.8) is 0 Å². The molecule has 0 bridgehead atoms. The molecule has 4 amide bonds. The molecule has 1 heterocycles. The van der Waals surface area contributed by atoms with Crippen LogP contribution >= 0.6 is 0 Å². The van der Waals surface area contributed by atoms with Crippen LogP contribution in [0.4, 0.5) is 10.5 Å². The van der Waals surface area contributed by atoms with Crippen LogP contribution in [-0.2, 0) is 9.59 Å². The molecule has 3 N–H and O–H groups in total. The van der Waals surface area contributed by atoms with E-state index in [1.807, 2.05) is 0 Å². The number of carbonyl (C=O) groups excluding carboxylic acids is 3. The van der Waals surface area contributed by atoms with Gasteiger partial charge < -0.3 is 25.2 Å². The molecule has 0 aromatic heterocycles. The van der Waals surface area contributed by atoms with E-state index in [-0.39, 0.29) is 17.2 Å². The van der Waals surface area contributed by atoms with Crippen molar-refractivity contribution >= 4 is 29.6 Å². The molecule has 0 unspecified atom stereocenters. The van der Waals surface area contributed by atoms with Crippen LogP contribution in [0.3, 0.4) is 0 Å². The number of urea groups is 1. The Morgan fingerprint density at radius 1 is 1.20 bits per heavy atom. The highest BCUT2D eigenvalue weighted by atomic mass is 16.5. The number of nitrogens with zero attached hydrogens (tertiary/aromatic N) is 1. The Morgan fingerprint density at radius 3 is 2.70 bits per heavy atom. The zero-order valence-electron chi connectivity index (χ0n) is 16.5. The van der Waals surface area contributed by atoms with E-state index in [0.717, 1.165) is 4.90 Å². The van der Waals surface area contributed by atoms with Crippen molar-refractivity contribution in [2.75, 3.05) is 25.6 Å². The van der Waals surface area contributed by atoms with Crippen LogP contribution in [0.15, 0.2) is 48.2 Å². The van der Waals surface area contributed by atoms with Gasteiger partial charge in [0.1, 0.15) is 18.0 Å². The number of nitrogens with one attached hydrogen (secondary N) is 2. The number of rotatable bonds is 7. The molecule has 0 spiro atoms. The molecule has 0 aliphatic carbocycles. The Labute approximate surface area is 172 Å². The van der Waals surface area contributed by atoms with Crippen molar-refractivity contribution in [1.29, 1.82) is 0 Å². The first-order valence-electron chi connectivity index (χ1n) is 9.16. The number of hydrogen-bond acceptors (Lipinski definition) is 6. The summed E-state index contributed by atoms with van der Waals surface area (Å²) in [6.07, 6.45) is 1.44. The molecule has 9 nitrogen and oxygen atoms in total. The Bertz CT molecular complexity index is 1020. The number of ether oxygens (including phenoxy) is 2. The number of hydrogen-bond donors (Lipinski definition) is 3. The molecule has 0 atom stereocenters. The minimum absolute atomic E-state index is 0.0122. The van der Waals surface area contributed by atoms with Crippen molar-refractivity contribution in [3.05, 3.63) is 53.7 Å². The number of para-hydroxylation sites is 2. The van der Waals surface area contributed by atoms with Gasteiger partial charge in [0.2, 0.25) is 5.91 Å². The summed E-state index contributed by atoms with van der Waals surface area (Å²) in [4.78, 5) is 37.9. The van der Waals surface area contributed by atoms with Crippen LogP contribution in [0.2, 0.25) is 0 Å². The SMILES string of the molecule is CCOc1cc(/C=C2/NC(=O)N(CC(=O)Nc3ccccc3OC)C2=O)ccc1O. The van der Waals surface area contributed by atoms with Gasteiger partial charge in [-0.15, -0.1) is 0 Å². The van der Waals surface area contributed by atoms with Crippen molar-refractivity contribution in [2.24, 2.45) is 0 Å². The third-order valence-corrected chi connectivity index (χ3v) is 4.24. The molecule has 30 heavy (non-hydrogen) atoms. The summed E-state index contributed by atoms with van der Waals surface area (Å²) < 4.78 is 10.5. The van der Waals surface area contributed by atoms with Gasteiger partial charge in [-0.25, -0.2) is 9.69 Å². The molecular formula is C21H21N3O6. The monoisotopic (exact) mass is 411 g/mol. The first-order valence-corrected chi connectivity index (χ1v) is 9.16. The van der Waals surface area contributed by atoms with Gasteiger partial charge in [-0.3, -0.25) is 9.59 Å². The molecule has 0 saturated carbocycles. The fourth-order valence-corrected chi connectivity index (χ4v) is 2.85. The molecule has 156 valence electrons. The number of aromatic hydroxyl groups is 1. The molecule has 9 heteroatoms. The molecular weight excluding hydrogens is 390 g/mol. The second-order valence-electron chi connectivity index (χ2n) is 6.29. The number of phenolic OH excluding ortho intramolecular Hbond substituents is 1. The maximum atomic E-state index is 12.6. The van der Waals surface area contributed by atoms with Crippen molar-refractivity contribution in [2.45, 2.75) is 6.92 Å². The average Bonchev–Trinajstić information content (AvgIpc) is 2.98. The minimum atomic E-state index is -0.703. The highest BCUT2D eigenvalue weighted by molar-refractivity contribution is 6.16. The lowest BCUT2D eigenvalue weighted by Gasteiger charge is -2.13. The van der Waals surface area contributed by atoms with Crippen molar-refractivity contribution in [1.82, 2.24) is 10.2 Å². The second-order valence-corrected chi connectivity index (χ2v) is 6.29. The van der Waals surface area contributed by atoms with Gasteiger partial charge in [-0.1, -0.05) is 18.2 Å². The van der Waals surface area contributed by atoms with Crippen molar-refractivity contribution < 1.29 is 29.0 Å². The van der Waals surface area contributed by atoms with E-state index in [1.165, 1.54) is 19.3 Å². The molecule has 2 aromatic carbocycles. The number of benzene rings is 2. The number of methoxy groups -OCH3 is 1. The smallest absolute Gasteiger partial charge is 0.329 e. The third kappa shape index (κ3) is 4.52. The normalized spacial score (nSPS) is 14.6. The quantitative estimate of drug-likeness (QED) is 0.476. The third-order valence-electron chi connectivity index (χ3n) is 4.24. The molecule has 1 aliphatic heterocycles. The molecule has 3 rings (SSSR count). The summed E-state index contributed by atoms with van der Waals surface area (Å²) in [7, 11) is 1.47. The first kappa shape index (κ1) is 20.7. The molecule has 1 saturated heterocycles. The summed E-state index contributed by atoms with van der Waals surface area (Å²) in [5.41, 5.74) is 0.985. The van der Waals surface area contributed by atoms with E-state index in [2.05, 4.69) is 10.6 Å². The van der Waals surface area contributed by atoms with Gasteiger partial charge >= 0.3 is 6.03 Å². The van der Waals surface area contributed by atoms with Crippen molar-refractivity contribution in [3.8, 4) is 17.2 Å². The van der Waals surface area contributed by atoms with E-state index in [0.29, 0.717) is 23.6 Å². The van der Waals surface area contributed by atoms with Crippen LogP contribution in [-0.4, -0.2) is 48.1 Å². The molecule has 2 aromatic rings. The Balaban J connectivity index is 1.72. The Kier molecular flexibility index (Phi) is 6.21. The van der Waals surface area contributed by atoms with Crippen LogP contribution in [0.5, 0.6) is 17.2 Å². The molecule has 1 fully saturated rings. The predicted octanol–water partition coefficient (Wildman–Crippen LogP) is 2.33. The van der Waals surface area contributed by atoms with Crippen LogP contribution in [0.1, 0.15) is 12.5 Å². The maximum Gasteiger partial charge on any atom is 0.329 e. The van der Waals surface area contributed by atoms with E-state index >= 15 is 0 Å². The fourth-order valence-electron chi connectivity index (χ4n) is 2.85. The van der Waals surface area contributed by atoms with Gasteiger partial charge in [0, 0.05) is 0 Å². The van der Waals surface area contributed by atoms with Crippen LogP contribution in [0, 0.1) is 0 Å². The van der Waals surface area contributed by atoms with Gasteiger partial charge in [0.15, 0.2) is 11.5 Å². The van der Waals surface area contributed by atoms with E-state index in [1.54, 1.807) is 43.3 Å². The number of imide groups is 1. The molecule has 1 aliphatic rings. The summed E-state index contributed by atoms with van der Waals surface area (Å²) in [6.45, 7) is 1.68. The zero-order chi connectivity index (χ0) is 21.7. The lowest BCUT2D eigenvalue weighted by molar-refractivity contribution is -0.127. The van der Waals surface area contributed by atoms with Gasteiger partial charge in [-0.05, 0) is 42.8 Å². The predicted molar refractivity (Wildman–Crippen MR) is 109 cm³/mol. The number of phenols is 1. The minimum Gasteiger partial charge on any atom is -0.504 e. The Hall–Kier alpha value is -4.01. The zero-order valence-corrected chi connectivity index (χ0v) is 16.5. The Morgan fingerprint density at radius 2 is 1.97 bits per heavy atom. The first-order chi connectivity index (χ1) is 14.4.